The summed E-state index contributed by atoms with van der Waals surface area (Å²) in [7, 11) is 0. The summed E-state index contributed by atoms with van der Waals surface area (Å²) < 4.78 is 0. The molecule has 3 rings (SSSR count). The molecule has 0 aliphatic carbocycles. The summed E-state index contributed by atoms with van der Waals surface area (Å²) >= 11 is 1.65. The molecule has 0 spiro atoms. The quantitative estimate of drug-likeness (QED) is 0.905. The molecule has 3 unspecified atom stereocenters. The van der Waals surface area contributed by atoms with Crippen LogP contribution in [-0.2, 0) is 11.3 Å². The van der Waals surface area contributed by atoms with E-state index in [-0.39, 0.29) is 17.9 Å². The molecule has 5 heteroatoms. The lowest BCUT2D eigenvalue weighted by atomic mass is 9.97. The topological polar surface area (TPSA) is 45.2 Å². The van der Waals surface area contributed by atoms with Gasteiger partial charge in [0, 0.05) is 30.7 Å². The molecular weight excluding hydrogens is 318 g/mol. The number of aromatic nitrogens is 1. The molecule has 4 nitrogen and oxygen atoms in total. The maximum atomic E-state index is 12.7. The molecule has 1 saturated heterocycles. The standard InChI is InChI=1S/C19H25N3OS/c1-13-10-22(11-16-7-5-4-6-8-16)12-17(13)18(23)21-15(3)19-20-9-14(2)24-19/h4-9,13,15,17H,10-12H2,1-3H3,(H,21,23). The second-order valence-electron chi connectivity index (χ2n) is 6.80. The van der Waals surface area contributed by atoms with Crippen LogP contribution in [0.3, 0.4) is 0 Å². The number of nitrogens with zero attached hydrogens (tertiary/aromatic N) is 2. The number of thiazole rings is 1. The predicted octanol–water partition coefficient (Wildman–Crippen LogP) is 3.40. The van der Waals surface area contributed by atoms with Crippen molar-refractivity contribution in [1.82, 2.24) is 15.2 Å². The van der Waals surface area contributed by atoms with Crippen molar-refractivity contribution in [3.8, 4) is 0 Å². The molecular formula is C19H25N3OS. The van der Waals surface area contributed by atoms with Gasteiger partial charge in [-0.25, -0.2) is 4.98 Å². The number of nitrogens with one attached hydrogen (secondary N) is 1. The zero-order valence-electron chi connectivity index (χ0n) is 14.5. The van der Waals surface area contributed by atoms with E-state index in [2.05, 4.69) is 46.4 Å². The number of hydrogen-bond acceptors (Lipinski definition) is 4. The highest BCUT2D eigenvalue weighted by atomic mass is 32.1. The van der Waals surface area contributed by atoms with E-state index in [1.807, 2.05) is 26.1 Å². The second kappa shape index (κ2) is 7.45. The van der Waals surface area contributed by atoms with Crippen LogP contribution in [0, 0.1) is 18.8 Å². The maximum absolute atomic E-state index is 12.7. The minimum absolute atomic E-state index is 0.0217. The molecule has 1 aromatic carbocycles. The summed E-state index contributed by atoms with van der Waals surface area (Å²) in [6.07, 6.45) is 1.86. The van der Waals surface area contributed by atoms with Crippen LogP contribution in [0.15, 0.2) is 36.5 Å². The molecule has 3 atom stereocenters. The summed E-state index contributed by atoms with van der Waals surface area (Å²) in [6.45, 7) is 8.93. The van der Waals surface area contributed by atoms with Crippen molar-refractivity contribution in [1.29, 1.82) is 0 Å². The van der Waals surface area contributed by atoms with Crippen molar-refractivity contribution in [2.45, 2.75) is 33.4 Å². The van der Waals surface area contributed by atoms with E-state index in [9.17, 15) is 4.79 Å². The Morgan fingerprint density at radius 3 is 2.79 bits per heavy atom. The first kappa shape index (κ1) is 17.1. The largest absolute Gasteiger partial charge is 0.347 e. The van der Waals surface area contributed by atoms with Gasteiger partial charge >= 0.3 is 0 Å². The van der Waals surface area contributed by atoms with Crippen LogP contribution < -0.4 is 5.32 Å². The Morgan fingerprint density at radius 1 is 1.38 bits per heavy atom. The van der Waals surface area contributed by atoms with Gasteiger partial charge in [0.1, 0.15) is 5.01 Å². The number of aryl methyl sites for hydroxylation is 1. The fraction of sp³-hybridized carbons (Fsp3) is 0.474. The second-order valence-corrected chi connectivity index (χ2v) is 8.07. The Hall–Kier alpha value is -1.72. The summed E-state index contributed by atoms with van der Waals surface area (Å²) in [6, 6.07) is 10.4. The summed E-state index contributed by atoms with van der Waals surface area (Å²) in [5, 5.41) is 4.13. The zero-order chi connectivity index (χ0) is 17.1. The molecule has 0 bridgehead atoms. The highest BCUT2D eigenvalue weighted by molar-refractivity contribution is 7.11. The van der Waals surface area contributed by atoms with Crippen molar-refractivity contribution in [3.05, 3.63) is 52.0 Å². The molecule has 1 amide bonds. The molecule has 128 valence electrons. The normalized spacial score (nSPS) is 22.5. The van der Waals surface area contributed by atoms with Crippen molar-refractivity contribution < 1.29 is 4.79 Å². The molecule has 0 radical (unpaired) electrons. The molecule has 1 N–H and O–H groups in total. The van der Waals surface area contributed by atoms with E-state index in [1.54, 1.807) is 11.3 Å². The number of carbonyl (C=O) groups is 1. The van der Waals surface area contributed by atoms with Gasteiger partial charge in [-0.1, -0.05) is 37.3 Å². The van der Waals surface area contributed by atoms with E-state index < -0.39 is 0 Å². The fourth-order valence-corrected chi connectivity index (χ4v) is 4.11. The van der Waals surface area contributed by atoms with Crippen LogP contribution in [0.5, 0.6) is 0 Å². The first-order valence-electron chi connectivity index (χ1n) is 8.52. The van der Waals surface area contributed by atoms with Crippen LogP contribution in [0.1, 0.15) is 35.3 Å². The van der Waals surface area contributed by atoms with E-state index in [0.717, 1.165) is 24.6 Å². The van der Waals surface area contributed by atoms with Gasteiger partial charge in [0.2, 0.25) is 5.91 Å². The van der Waals surface area contributed by atoms with E-state index in [1.165, 1.54) is 10.4 Å². The SMILES string of the molecule is Cc1cnc(C(C)NC(=O)C2CN(Cc3ccccc3)CC2C)s1. The molecule has 2 aromatic rings. The Morgan fingerprint density at radius 2 is 2.12 bits per heavy atom. The molecule has 1 fully saturated rings. The van der Waals surface area contributed by atoms with Crippen LogP contribution in [0.4, 0.5) is 0 Å². The summed E-state index contributed by atoms with van der Waals surface area (Å²) in [5.74, 6) is 0.578. The van der Waals surface area contributed by atoms with Gasteiger partial charge in [-0.2, -0.15) is 0 Å². The number of carbonyl (C=O) groups excluding carboxylic acids is 1. The van der Waals surface area contributed by atoms with Gasteiger partial charge in [-0.05, 0) is 25.3 Å². The van der Waals surface area contributed by atoms with Crippen LogP contribution in [0.25, 0.3) is 0 Å². The van der Waals surface area contributed by atoms with Gasteiger partial charge in [-0.15, -0.1) is 11.3 Å². The number of likely N-dealkylation sites (tertiary alicyclic amines) is 1. The maximum Gasteiger partial charge on any atom is 0.225 e. The third-order valence-corrected chi connectivity index (χ3v) is 5.74. The average Bonchev–Trinajstić information content (AvgIpc) is 3.14. The van der Waals surface area contributed by atoms with Crippen molar-refractivity contribution in [3.63, 3.8) is 0 Å². The smallest absolute Gasteiger partial charge is 0.225 e. The van der Waals surface area contributed by atoms with Gasteiger partial charge in [0.05, 0.1) is 12.0 Å². The Kier molecular flexibility index (Phi) is 5.31. The van der Waals surface area contributed by atoms with Crippen LogP contribution in [0.2, 0.25) is 0 Å². The molecule has 0 saturated carbocycles. The van der Waals surface area contributed by atoms with Crippen LogP contribution >= 0.6 is 11.3 Å². The monoisotopic (exact) mass is 343 g/mol. The average molecular weight is 343 g/mol. The lowest BCUT2D eigenvalue weighted by Gasteiger charge is -2.18. The Labute approximate surface area is 147 Å². The summed E-state index contributed by atoms with van der Waals surface area (Å²) in [5.41, 5.74) is 1.30. The third kappa shape index (κ3) is 4.02. The van der Waals surface area contributed by atoms with E-state index in [0.29, 0.717) is 5.92 Å². The predicted molar refractivity (Wildman–Crippen MR) is 97.8 cm³/mol. The third-order valence-electron chi connectivity index (χ3n) is 4.64. The Balaban J connectivity index is 1.57. The van der Waals surface area contributed by atoms with Crippen molar-refractivity contribution in [2.75, 3.05) is 13.1 Å². The van der Waals surface area contributed by atoms with E-state index in [4.69, 9.17) is 0 Å². The number of amides is 1. The van der Waals surface area contributed by atoms with Gasteiger partial charge in [-0.3, -0.25) is 9.69 Å². The highest BCUT2D eigenvalue weighted by Gasteiger charge is 2.35. The zero-order valence-corrected chi connectivity index (χ0v) is 15.3. The van der Waals surface area contributed by atoms with Gasteiger partial charge in [0.25, 0.3) is 0 Å². The Bertz CT molecular complexity index is 685. The molecule has 24 heavy (non-hydrogen) atoms. The first-order valence-corrected chi connectivity index (χ1v) is 9.33. The number of benzene rings is 1. The van der Waals surface area contributed by atoms with Gasteiger partial charge < -0.3 is 5.32 Å². The number of hydrogen-bond donors (Lipinski definition) is 1. The summed E-state index contributed by atoms with van der Waals surface area (Å²) in [4.78, 5) is 20.6. The lowest BCUT2D eigenvalue weighted by molar-refractivity contribution is -0.126. The molecule has 2 heterocycles. The minimum atomic E-state index is -0.0217. The molecule has 1 aromatic heterocycles. The highest BCUT2D eigenvalue weighted by Crippen LogP contribution is 2.26. The van der Waals surface area contributed by atoms with E-state index >= 15 is 0 Å². The van der Waals surface area contributed by atoms with Crippen molar-refractivity contribution >= 4 is 17.2 Å². The first-order chi connectivity index (χ1) is 11.5. The lowest BCUT2D eigenvalue weighted by Crippen LogP contribution is -2.36. The molecule has 1 aliphatic rings. The van der Waals surface area contributed by atoms with Crippen LogP contribution in [-0.4, -0.2) is 28.9 Å². The molecule has 1 aliphatic heterocycles. The minimum Gasteiger partial charge on any atom is -0.347 e. The fourth-order valence-electron chi connectivity index (χ4n) is 3.33. The van der Waals surface area contributed by atoms with Gasteiger partial charge in [0.15, 0.2) is 0 Å². The number of rotatable bonds is 5. The van der Waals surface area contributed by atoms with Crippen molar-refractivity contribution in [2.24, 2.45) is 11.8 Å².